The smallest absolute Gasteiger partial charge is 0.242 e. The minimum Gasteiger partial charge on any atom is -0.398 e. The Balaban J connectivity index is 2.52. The fraction of sp³-hybridized carbons (Fsp3) is 0.538. The van der Waals surface area contributed by atoms with Gasteiger partial charge >= 0.3 is 0 Å². The molecule has 108 valence electrons. The van der Waals surface area contributed by atoms with Crippen LogP contribution < -0.4 is 10.5 Å². The second-order valence-electron chi connectivity index (χ2n) is 4.58. The fourth-order valence-corrected chi connectivity index (χ4v) is 2.97. The predicted octanol–water partition coefficient (Wildman–Crippen LogP) is 1.41. The van der Waals surface area contributed by atoms with Crippen molar-refractivity contribution in [2.45, 2.75) is 37.5 Å². The first kappa shape index (κ1) is 15.9. The van der Waals surface area contributed by atoms with Gasteiger partial charge in [-0.1, -0.05) is 18.9 Å². The standard InChI is InChI=1S/C13H22N2O3S/c1-11-6-7-13(12(14)10-11)19(17,18)15-8-4-2-3-5-9-16/h6-7,10,15-16H,2-5,8-9,14H2,1H3. The monoisotopic (exact) mass is 286 g/mol. The molecule has 1 aromatic rings. The highest BCUT2D eigenvalue weighted by atomic mass is 32.2. The summed E-state index contributed by atoms with van der Waals surface area (Å²) in [5, 5.41) is 8.63. The van der Waals surface area contributed by atoms with Gasteiger partial charge in [0, 0.05) is 13.2 Å². The van der Waals surface area contributed by atoms with E-state index in [1.54, 1.807) is 12.1 Å². The van der Waals surface area contributed by atoms with Gasteiger partial charge in [0.1, 0.15) is 4.90 Å². The lowest BCUT2D eigenvalue weighted by atomic mass is 10.2. The van der Waals surface area contributed by atoms with Gasteiger partial charge in [-0.05, 0) is 37.5 Å². The summed E-state index contributed by atoms with van der Waals surface area (Å²) in [5.41, 5.74) is 6.93. The highest BCUT2D eigenvalue weighted by Crippen LogP contribution is 2.19. The second-order valence-corrected chi connectivity index (χ2v) is 6.31. The van der Waals surface area contributed by atoms with Crippen molar-refractivity contribution in [3.63, 3.8) is 0 Å². The molecular weight excluding hydrogens is 264 g/mol. The largest absolute Gasteiger partial charge is 0.398 e. The van der Waals surface area contributed by atoms with E-state index in [1.165, 1.54) is 6.07 Å². The summed E-state index contributed by atoms with van der Waals surface area (Å²) in [6.45, 7) is 2.44. The number of nitrogens with one attached hydrogen (secondary N) is 1. The second kappa shape index (κ2) is 7.47. The molecule has 0 radical (unpaired) electrons. The van der Waals surface area contributed by atoms with Crippen LogP contribution >= 0.6 is 0 Å². The number of nitrogen functional groups attached to an aromatic ring is 1. The third-order valence-electron chi connectivity index (χ3n) is 2.83. The maximum absolute atomic E-state index is 12.0. The van der Waals surface area contributed by atoms with Gasteiger partial charge in [-0.15, -0.1) is 0 Å². The third-order valence-corrected chi connectivity index (χ3v) is 4.37. The zero-order chi connectivity index (χ0) is 14.3. The maximum Gasteiger partial charge on any atom is 0.242 e. The summed E-state index contributed by atoms with van der Waals surface area (Å²) in [6.07, 6.45) is 3.32. The first-order valence-electron chi connectivity index (χ1n) is 6.44. The summed E-state index contributed by atoms with van der Waals surface area (Å²) in [6, 6.07) is 4.90. The molecule has 6 heteroatoms. The van der Waals surface area contributed by atoms with Crippen molar-refractivity contribution in [2.24, 2.45) is 0 Å². The number of aliphatic hydroxyl groups excluding tert-OH is 1. The molecule has 0 aliphatic heterocycles. The fourth-order valence-electron chi connectivity index (χ4n) is 1.79. The number of benzene rings is 1. The minimum atomic E-state index is -3.52. The number of aryl methyl sites for hydroxylation is 1. The number of sulfonamides is 1. The number of anilines is 1. The zero-order valence-corrected chi connectivity index (χ0v) is 12.0. The number of rotatable bonds is 8. The van der Waals surface area contributed by atoms with Gasteiger partial charge in [-0.3, -0.25) is 0 Å². The molecule has 1 rings (SSSR count). The van der Waals surface area contributed by atoms with Crippen LogP contribution in [0.2, 0.25) is 0 Å². The lowest BCUT2D eigenvalue weighted by Crippen LogP contribution is -2.25. The van der Waals surface area contributed by atoms with Crippen LogP contribution in [0.5, 0.6) is 0 Å². The van der Waals surface area contributed by atoms with Gasteiger partial charge in [-0.2, -0.15) is 0 Å². The Hall–Kier alpha value is -1.11. The van der Waals surface area contributed by atoms with Crippen molar-refractivity contribution in [1.29, 1.82) is 0 Å². The van der Waals surface area contributed by atoms with Crippen molar-refractivity contribution in [2.75, 3.05) is 18.9 Å². The Kier molecular flexibility index (Phi) is 6.27. The van der Waals surface area contributed by atoms with Gasteiger partial charge in [0.15, 0.2) is 0 Å². The Bertz CT molecular complexity index is 501. The lowest BCUT2D eigenvalue weighted by molar-refractivity contribution is 0.282. The summed E-state index contributed by atoms with van der Waals surface area (Å²) >= 11 is 0. The molecule has 0 spiro atoms. The molecule has 1 aromatic carbocycles. The molecule has 0 amide bonds. The highest BCUT2D eigenvalue weighted by molar-refractivity contribution is 7.89. The molecule has 0 aliphatic rings. The zero-order valence-electron chi connectivity index (χ0n) is 11.2. The predicted molar refractivity (Wildman–Crippen MR) is 76.3 cm³/mol. The molecule has 0 aliphatic carbocycles. The van der Waals surface area contributed by atoms with Crippen molar-refractivity contribution < 1.29 is 13.5 Å². The molecule has 0 fully saturated rings. The SMILES string of the molecule is Cc1ccc(S(=O)(=O)NCCCCCCO)c(N)c1. The van der Waals surface area contributed by atoms with Crippen LogP contribution in [-0.4, -0.2) is 26.7 Å². The number of aliphatic hydroxyl groups is 1. The summed E-state index contributed by atoms with van der Waals surface area (Å²) in [4.78, 5) is 0.133. The Morgan fingerprint density at radius 3 is 2.53 bits per heavy atom. The summed E-state index contributed by atoms with van der Waals surface area (Å²) in [5.74, 6) is 0. The molecular formula is C13H22N2O3S. The van der Waals surface area contributed by atoms with E-state index >= 15 is 0 Å². The topological polar surface area (TPSA) is 92.4 Å². The van der Waals surface area contributed by atoms with Crippen LogP contribution in [0, 0.1) is 6.92 Å². The molecule has 5 nitrogen and oxygen atoms in total. The number of unbranched alkanes of at least 4 members (excludes halogenated alkanes) is 3. The van der Waals surface area contributed by atoms with Crippen molar-refractivity contribution in [3.05, 3.63) is 23.8 Å². The van der Waals surface area contributed by atoms with E-state index in [9.17, 15) is 8.42 Å². The van der Waals surface area contributed by atoms with E-state index < -0.39 is 10.0 Å². The van der Waals surface area contributed by atoms with E-state index in [1.807, 2.05) is 6.92 Å². The molecule has 0 heterocycles. The Morgan fingerprint density at radius 1 is 1.21 bits per heavy atom. The molecule has 0 atom stereocenters. The van der Waals surface area contributed by atoms with Crippen LogP contribution in [-0.2, 0) is 10.0 Å². The number of hydrogen-bond donors (Lipinski definition) is 3. The number of nitrogens with two attached hydrogens (primary N) is 1. The van der Waals surface area contributed by atoms with Gasteiger partial charge in [-0.25, -0.2) is 13.1 Å². The van der Waals surface area contributed by atoms with E-state index in [-0.39, 0.29) is 17.2 Å². The first-order chi connectivity index (χ1) is 8.97. The normalized spacial score (nSPS) is 11.7. The van der Waals surface area contributed by atoms with Crippen molar-refractivity contribution in [3.8, 4) is 0 Å². The average molecular weight is 286 g/mol. The Morgan fingerprint density at radius 2 is 1.89 bits per heavy atom. The average Bonchev–Trinajstić information content (AvgIpc) is 2.33. The minimum absolute atomic E-state index is 0.133. The van der Waals surface area contributed by atoms with E-state index in [0.717, 1.165) is 31.2 Å². The molecule has 0 saturated carbocycles. The van der Waals surface area contributed by atoms with Crippen molar-refractivity contribution >= 4 is 15.7 Å². The molecule has 0 aromatic heterocycles. The van der Waals surface area contributed by atoms with Gasteiger partial charge in [0.25, 0.3) is 0 Å². The van der Waals surface area contributed by atoms with E-state index in [4.69, 9.17) is 10.8 Å². The van der Waals surface area contributed by atoms with Crippen molar-refractivity contribution in [1.82, 2.24) is 4.72 Å². The van der Waals surface area contributed by atoms with Gasteiger partial charge in [0.05, 0.1) is 5.69 Å². The summed E-state index contributed by atoms with van der Waals surface area (Å²) < 4.78 is 26.6. The number of hydrogen-bond acceptors (Lipinski definition) is 4. The van der Waals surface area contributed by atoms with Crippen LogP contribution in [0.15, 0.2) is 23.1 Å². The lowest BCUT2D eigenvalue weighted by Gasteiger charge is -2.09. The maximum atomic E-state index is 12.0. The summed E-state index contributed by atoms with van der Waals surface area (Å²) in [7, 11) is -3.52. The highest BCUT2D eigenvalue weighted by Gasteiger charge is 2.16. The molecule has 19 heavy (non-hydrogen) atoms. The van der Waals surface area contributed by atoms with Crippen LogP contribution in [0.25, 0.3) is 0 Å². The third kappa shape index (κ3) is 5.18. The molecule has 0 unspecified atom stereocenters. The van der Waals surface area contributed by atoms with E-state index in [2.05, 4.69) is 4.72 Å². The van der Waals surface area contributed by atoms with Crippen LogP contribution in [0.1, 0.15) is 31.2 Å². The van der Waals surface area contributed by atoms with Crippen LogP contribution in [0.4, 0.5) is 5.69 Å². The molecule has 4 N–H and O–H groups in total. The van der Waals surface area contributed by atoms with Crippen LogP contribution in [0.3, 0.4) is 0 Å². The Labute approximate surface area is 114 Å². The van der Waals surface area contributed by atoms with Gasteiger partial charge in [0.2, 0.25) is 10.0 Å². The van der Waals surface area contributed by atoms with Gasteiger partial charge < -0.3 is 10.8 Å². The molecule has 0 bridgehead atoms. The molecule has 0 saturated heterocycles. The first-order valence-corrected chi connectivity index (χ1v) is 7.92. The van der Waals surface area contributed by atoms with E-state index in [0.29, 0.717) is 6.54 Å². The quantitative estimate of drug-likeness (QED) is 0.497.